The first-order chi connectivity index (χ1) is 15.1. The van der Waals surface area contributed by atoms with Gasteiger partial charge in [-0.05, 0) is 82.3 Å². The van der Waals surface area contributed by atoms with Crippen LogP contribution in [0.2, 0.25) is 0 Å². The van der Waals surface area contributed by atoms with Gasteiger partial charge in [-0.15, -0.1) is 0 Å². The minimum absolute atomic E-state index is 0.0935. The first-order valence-corrected chi connectivity index (χ1v) is 10.7. The van der Waals surface area contributed by atoms with E-state index in [9.17, 15) is 0 Å². The predicted molar refractivity (Wildman–Crippen MR) is 126 cm³/mol. The first-order valence-electron chi connectivity index (χ1n) is 10.7. The summed E-state index contributed by atoms with van der Waals surface area (Å²) in [5.41, 5.74) is 7.82. The van der Waals surface area contributed by atoms with Crippen molar-refractivity contribution in [1.29, 1.82) is 0 Å². The fourth-order valence-electron chi connectivity index (χ4n) is 4.88. The van der Waals surface area contributed by atoms with E-state index in [2.05, 4.69) is 67.7 Å². The summed E-state index contributed by atoms with van der Waals surface area (Å²) in [7, 11) is 3.41. The smallest absolute Gasteiger partial charge is 0.118 e. The molecule has 2 atom stereocenters. The normalized spacial score (nSPS) is 17.5. The van der Waals surface area contributed by atoms with Crippen LogP contribution in [0.5, 0.6) is 11.5 Å². The number of aryl methyl sites for hydroxylation is 2. The summed E-state index contributed by atoms with van der Waals surface area (Å²) in [6.07, 6.45) is 0. The summed E-state index contributed by atoms with van der Waals surface area (Å²) in [6.45, 7) is 4.43. The van der Waals surface area contributed by atoms with Crippen molar-refractivity contribution in [3.05, 3.63) is 106 Å². The molecule has 0 unspecified atom stereocenters. The van der Waals surface area contributed by atoms with Crippen molar-refractivity contribution in [2.75, 3.05) is 14.2 Å². The van der Waals surface area contributed by atoms with Gasteiger partial charge in [-0.3, -0.25) is 5.32 Å². The van der Waals surface area contributed by atoms with E-state index in [1.807, 2.05) is 24.3 Å². The Morgan fingerprint density at radius 3 is 1.39 bits per heavy atom. The lowest BCUT2D eigenvalue weighted by atomic mass is 9.79. The van der Waals surface area contributed by atoms with Gasteiger partial charge in [0, 0.05) is 0 Å². The largest absolute Gasteiger partial charge is 0.497 e. The highest BCUT2D eigenvalue weighted by molar-refractivity contribution is 5.93. The van der Waals surface area contributed by atoms with E-state index in [-0.39, 0.29) is 12.1 Å². The van der Waals surface area contributed by atoms with Crippen molar-refractivity contribution in [3.63, 3.8) is 0 Å². The third kappa shape index (κ3) is 3.26. The number of rotatable bonds is 4. The molecule has 3 heteroatoms. The van der Waals surface area contributed by atoms with Crippen LogP contribution in [0.25, 0.3) is 10.8 Å². The van der Waals surface area contributed by atoms with Crippen LogP contribution in [-0.4, -0.2) is 14.2 Å². The molecule has 4 aromatic rings. The maximum absolute atomic E-state index is 5.39. The molecule has 0 amide bonds. The van der Waals surface area contributed by atoms with Gasteiger partial charge in [0.1, 0.15) is 11.5 Å². The van der Waals surface area contributed by atoms with Crippen LogP contribution < -0.4 is 14.8 Å². The zero-order chi connectivity index (χ0) is 21.5. The zero-order valence-corrected chi connectivity index (χ0v) is 18.4. The van der Waals surface area contributed by atoms with Gasteiger partial charge in [0.2, 0.25) is 0 Å². The van der Waals surface area contributed by atoms with E-state index < -0.39 is 0 Å². The molecule has 0 saturated carbocycles. The van der Waals surface area contributed by atoms with Crippen LogP contribution in [0, 0.1) is 13.8 Å². The maximum Gasteiger partial charge on any atom is 0.118 e. The molecule has 4 aromatic carbocycles. The summed E-state index contributed by atoms with van der Waals surface area (Å²) in [6, 6.07) is 26.0. The number of hydrogen-bond acceptors (Lipinski definition) is 3. The Morgan fingerprint density at radius 2 is 1.00 bits per heavy atom. The molecular formula is C28H27NO2. The minimum Gasteiger partial charge on any atom is -0.497 e. The van der Waals surface area contributed by atoms with Gasteiger partial charge in [0.15, 0.2) is 0 Å². The van der Waals surface area contributed by atoms with Gasteiger partial charge in [-0.2, -0.15) is 0 Å². The van der Waals surface area contributed by atoms with Crippen LogP contribution in [0.4, 0.5) is 0 Å². The van der Waals surface area contributed by atoms with E-state index in [4.69, 9.17) is 9.47 Å². The fraction of sp³-hybridized carbons (Fsp3) is 0.214. The molecule has 0 radical (unpaired) electrons. The Morgan fingerprint density at radius 1 is 0.581 bits per heavy atom. The van der Waals surface area contributed by atoms with Crippen LogP contribution >= 0.6 is 0 Å². The van der Waals surface area contributed by atoms with E-state index in [0.29, 0.717) is 0 Å². The second-order valence-electron chi connectivity index (χ2n) is 8.27. The highest BCUT2D eigenvalue weighted by atomic mass is 16.5. The standard InChI is InChI=1S/C28H27NO2/c1-17-5-7-19-8-6-18(2)25-26(19)24(17)27(20-9-13-22(30-3)14-10-20)29-28(25)21-11-15-23(31-4)16-12-21/h5-16,27-29H,1-4H3/t27-,28-/m0/s1. The molecule has 0 saturated heterocycles. The SMILES string of the molecule is COc1ccc([C@@H]2N[C@@H](c3ccc(OC)cc3)c3c(C)ccc4ccc(C)c2c34)cc1. The number of ether oxygens (including phenoxy) is 2. The molecule has 0 bridgehead atoms. The van der Waals surface area contributed by atoms with E-state index in [0.717, 1.165) is 11.5 Å². The Labute approximate surface area is 183 Å². The van der Waals surface area contributed by atoms with Crippen molar-refractivity contribution < 1.29 is 9.47 Å². The molecular weight excluding hydrogens is 382 g/mol. The lowest BCUT2D eigenvalue weighted by Crippen LogP contribution is -2.33. The van der Waals surface area contributed by atoms with Gasteiger partial charge in [0.25, 0.3) is 0 Å². The van der Waals surface area contributed by atoms with Crippen molar-refractivity contribution in [3.8, 4) is 11.5 Å². The van der Waals surface area contributed by atoms with E-state index >= 15 is 0 Å². The molecule has 0 aromatic heterocycles. The average Bonchev–Trinajstić information content (AvgIpc) is 2.82. The molecule has 0 spiro atoms. The molecule has 0 aliphatic carbocycles. The lowest BCUT2D eigenvalue weighted by molar-refractivity contribution is 0.414. The van der Waals surface area contributed by atoms with Crippen molar-refractivity contribution in [2.45, 2.75) is 25.9 Å². The molecule has 3 nitrogen and oxygen atoms in total. The minimum atomic E-state index is 0.0935. The lowest BCUT2D eigenvalue weighted by Gasteiger charge is -2.36. The van der Waals surface area contributed by atoms with E-state index in [1.54, 1.807) is 14.2 Å². The second kappa shape index (κ2) is 7.75. The highest BCUT2D eigenvalue weighted by Crippen LogP contribution is 2.44. The van der Waals surface area contributed by atoms with Crippen LogP contribution in [-0.2, 0) is 0 Å². The molecule has 156 valence electrons. The summed E-state index contributed by atoms with van der Waals surface area (Å²) in [4.78, 5) is 0. The van der Waals surface area contributed by atoms with Crippen LogP contribution in [0.15, 0.2) is 72.8 Å². The first kappa shape index (κ1) is 19.7. The van der Waals surface area contributed by atoms with E-state index in [1.165, 1.54) is 44.2 Å². The molecule has 1 aliphatic heterocycles. The van der Waals surface area contributed by atoms with Gasteiger partial charge in [-0.1, -0.05) is 48.5 Å². The van der Waals surface area contributed by atoms with Gasteiger partial charge < -0.3 is 9.47 Å². The number of nitrogens with one attached hydrogen (secondary N) is 1. The van der Waals surface area contributed by atoms with Crippen LogP contribution in [0.3, 0.4) is 0 Å². The van der Waals surface area contributed by atoms with Crippen molar-refractivity contribution in [1.82, 2.24) is 5.32 Å². The van der Waals surface area contributed by atoms with Crippen molar-refractivity contribution in [2.24, 2.45) is 0 Å². The molecule has 1 N–H and O–H groups in total. The molecule has 31 heavy (non-hydrogen) atoms. The Bertz CT molecular complexity index is 1150. The molecule has 1 heterocycles. The molecule has 1 aliphatic rings. The topological polar surface area (TPSA) is 30.5 Å². The average molecular weight is 410 g/mol. The maximum atomic E-state index is 5.39. The summed E-state index contributed by atoms with van der Waals surface area (Å²) in [5.74, 6) is 1.75. The zero-order valence-electron chi connectivity index (χ0n) is 18.4. The summed E-state index contributed by atoms with van der Waals surface area (Å²) < 4.78 is 10.8. The number of hydrogen-bond donors (Lipinski definition) is 1. The third-order valence-corrected chi connectivity index (χ3v) is 6.51. The number of benzene rings is 4. The summed E-state index contributed by atoms with van der Waals surface area (Å²) in [5, 5.41) is 6.64. The monoisotopic (exact) mass is 409 g/mol. The quantitative estimate of drug-likeness (QED) is 0.432. The molecule has 5 rings (SSSR count). The highest BCUT2D eigenvalue weighted by Gasteiger charge is 2.32. The van der Waals surface area contributed by atoms with Gasteiger partial charge in [0.05, 0.1) is 26.3 Å². The third-order valence-electron chi connectivity index (χ3n) is 6.51. The number of methoxy groups -OCH3 is 2. The second-order valence-corrected chi connectivity index (χ2v) is 8.27. The van der Waals surface area contributed by atoms with Gasteiger partial charge >= 0.3 is 0 Å². The summed E-state index contributed by atoms with van der Waals surface area (Å²) >= 11 is 0. The van der Waals surface area contributed by atoms with Gasteiger partial charge in [-0.25, -0.2) is 0 Å². The Kier molecular flexibility index (Phi) is 4.91. The Balaban J connectivity index is 1.76. The van der Waals surface area contributed by atoms with Crippen LogP contribution in [0.1, 0.15) is 45.5 Å². The molecule has 0 fully saturated rings. The fourth-order valence-corrected chi connectivity index (χ4v) is 4.88. The predicted octanol–water partition coefficient (Wildman–Crippen LogP) is 6.26. The Hall–Kier alpha value is -3.30. The van der Waals surface area contributed by atoms with Crippen molar-refractivity contribution >= 4 is 10.8 Å².